The van der Waals surface area contributed by atoms with Gasteiger partial charge in [0.15, 0.2) is 0 Å². The molecule has 1 atom stereocenters. The number of aromatic hydroxyl groups is 1. The second-order valence-electron chi connectivity index (χ2n) is 6.78. The van der Waals surface area contributed by atoms with Crippen LogP contribution in [-0.4, -0.2) is 28.0 Å². The van der Waals surface area contributed by atoms with Gasteiger partial charge in [-0.15, -0.1) is 11.3 Å². The van der Waals surface area contributed by atoms with E-state index in [1.54, 1.807) is 22.5 Å². The van der Waals surface area contributed by atoms with Crippen LogP contribution in [0.2, 0.25) is 0 Å². The van der Waals surface area contributed by atoms with E-state index in [9.17, 15) is 5.11 Å². The van der Waals surface area contributed by atoms with Crippen LogP contribution in [0.3, 0.4) is 0 Å². The van der Waals surface area contributed by atoms with E-state index in [1.807, 2.05) is 30.6 Å². The molecule has 2 aromatic heterocycles. The fourth-order valence-electron chi connectivity index (χ4n) is 3.72. The van der Waals surface area contributed by atoms with Gasteiger partial charge in [0.05, 0.1) is 5.52 Å². The van der Waals surface area contributed by atoms with Crippen molar-refractivity contribution in [1.82, 2.24) is 15.1 Å². The predicted octanol–water partition coefficient (Wildman–Crippen LogP) is 4.02. The molecule has 1 unspecified atom stereocenters. The van der Waals surface area contributed by atoms with Crippen molar-refractivity contribution in [2.45, 2.75) is 29.0 Å². The minimum atomic E-state index is 0.0629. The number of aromatic nitrogens is 2. The molecule has 0 spiro atoms. The van der Waals surface area contributed by atoms with Crippen molar-refractivity contribution >= 4 is 39.0 Å². The Morgan fingerprint density at radius 3 is 2.88 bits per heavy atom. The van der Waals surface area contributed by atoms with Crippen molar-refractivity contribution in [3.05, 3.63) is 34.8 Å². The van der Waals surface area contributed by atoms with E-state index < -0.39 is 0 Å². The van der Waals surface area contributed by atoms with Crippen LogP contribution in [0.5, 0.6) is 5.75 Å². The number of rotatable bonds is 2. The summed E-state index contributed by atoms with van der Waals surface area (Å²) in [6.07, 6.45) is 4.45. The molecule has 130 valence electrons. The number of thioether (sulfide) groups is 1. The molecule has 0 amide bonds. The summed E-state index contributed by atoms with van der Waals surface area (Å²) in [5.74, 6) is 1.00. The van der Waals surface area contributed by atoms with Crippen molar-refractivity contribution in [1.29, 1.82) is 0 Å². The molecule has 5 nitrogen and oxygen atoms in total. The average Bonchev–Trinajstić information content (AvgIpc) is 3.26. The normalized spacial score (nSPS) is 20.8. The molecule has 4 heterocycles. The van der Waals surface area contributed by atoms with Crippen LogP contribution in [0.15, 0.2) is 29.3 Å². The Kier molecular flexibility index (Phi) is 3.69. The van der Waals surface area contributed by atoms with Gasteiger partial charge in [-0.1, -0.05) is 11.8 Å². The van der Waals surface area contributed by atoms with Crippen LogP contribution in [0.25, 0.3) is 10.9 Å². The number of nitrogens with zero attached hydrogens (tertiary/aromatic N) is 2. The molecule has 3 aromatic rings. The third-order valence-electron chi connectivity index (χ3n) is 5.02. The minimum absolute atomic E-state index is 0.0629. The topological polar surface area (TPSA) is 62.1 Å². The second-order valence-corrected chi connectivity index (χ2v) is 9.01. The summed E-state index contributed by atoms with van der Waals surface area (Å²) < 4.78 is 1.78. The molecule has 7 heteroatoms. The van der Waals surface area contributed by atoms with E-state index in [2.05, 4.69) is 21.8 Å². The van der Waals surface area contributed by atoms with Crippen LogP contribution < -0.4 is 10.6 Å². The molecule has 1 saturated heterocycles. The second kappa shape index (κ2) is 5.93. The van der Waals surface area contributed by atoms with E-state index >= 15 is 0 Å². The third kappa shape index (κ3) is 2.70. The van der Waals surface area contributed by atoms with Gasteiger partial charge < -0.3 is 15.7 Å². The lowest BCUT2D eigenvalue weighted by atomic mass is 9.97. The largest absolute Gasteiger partial charge is 0.507 e. The fraction of sp³-hybridized carbons (Fsp3) is 0.389. The van der Waals surface area contributed by atoms with E-state index in [4.69, 9.17) is 0 Å². The molecule has 5 rings (SSSR count). The van der Waals surface area contributed by atoms with Crippen LogP contribution >= 0.6 is 23.1 Å². The molecule has 1 fully saturated rings. The number of hydrogen-bond donors (Lipinski definition) is 3. The zero-order chi connectivity index (χ0) is 17.0. The number of aryl methyl sites for hydroxylation is 1. The van der Waals surface area contributed by atoms with Crippen molar-refractivity contribution in [2.75, 3.05) is 18.4 Å². The van der Waals surface area contributed by atoms with Gasteiger partial charge >= 0.3 is 0 Å². The zero-order valence-corrected chi connectivity index (χ0v) is 15.6. The van der Waals surface area contributed by atoms with Gasteiger partial charge in [0.25, 0.3) is 0 Å². The highest BCUT2D eigenvalue weighted by atomic mass is 32.2. The van der Waals surface area contributed by atoms with Crippen molar-refractivity contribution in [3.8, 4) is 5.75 Å². The summed E-state index contributed by atoms with van der Waals surface area (Å²) in [4.78, 5) is 2.81. The highest BCUT2D eigenvalue weighted by molar-refractivity contribution is 8.00. The summed E-state index contributed by atoms with van der Waals surface area (Å²) in [5, 5.41) is 24.2. The Hall–Kier alpha value is -1.70. The average molecular weight is 373 g/mol. The molecule has 0 aliphatic carbocycles. The first-order valence-corrected chi connectivity index (χ1v) is 10.3. The number of piperidine rings is 1. The number of phenolic OH excluding ortho intramolecular Hbond substituents is 1. The monoisotopic (exact) mass is 372 g/mol. The number of hydrogen-bond acceptors (Lipinski definition) is 6. The van der Waals surface area contributed by atoms with Gasteiger partial charge in [-0.05, 0) is 44.0 Å². The smallest absolute Gasteiger partial charge is 0.123 e. The number of nitrogens with one attached hydrogen (secondary N) is 2. The molecule has 3 N–H and O–H groups in total. The molecule has 2 aliphatic rings. The number of benzene rings is 1. The van der Waals surface area contributed by atoms with E-state index in [0.717, 1.165) is 29.6 Å². The van der Waals surface area contributed by atoms with E-state index in [1.165, 1.54) is 27.6 Å². The Bertz CT molecular complexity index is 919. The van der Waals surface area contributed by atoms with Gasteiger partial charge in [-0.3, -0.25) is 4.68 Å². The lowest BCUT2D eigenvalue weighted by Crippen LogP contribution is -2.26. The standard InChI is InChI=1S/C18H20N4OS2/c1-22-9-11-6-12(14(23)7-13(11)21-22)17-20-18-16(25-17)8-15(24-18)10-2-4-19-5-3-10/h6-10,17,19-20,23H,2-5H2,1H3. The molecular formula is C18H20N4OS2. The van der Waals surface area contributed by atoms with Gasteiger partial charge in [0.1, 0.15) is 16.1 Å². The Balaban J connectivity index is 1.41. The van der Waals surface area contributed by atoms with E-state index in [0.29, 0.717) is 11.7 Å². The van der Waals surface area contributed by atoms with E-state index in [-0.39, 0.29) is 5.37 Å². The molecular weight excluding hydrogens is 352 g/mol. The first kappa shape index (κ1) is 15.5. The third-order valence-corrected chi connectivity index (χ3v) is 7.56. The zero-order valence-electron chi connectivity index (χ0n) is 14.0. The number of fused-ring (bicyclic) bond motifs is 2. The lowest BCUT2D eigenvalue weighted by Gasteiger charge is -2.21. The molecule has 0 radical (unpaired) electrons. The summed E-state index contributed by atoms with van der Waals surface area (Å²) in [7, 11) is 1.90. The van der Waals surface area contributed by atoms with Crippen LogP contribution in [0, 0.1) is 0 Å². The Morgan fingerprint density at radius 2 is 2.08 bits per heavy atom. The van der Waals surface area contributed by atoms with Crippen LogP contribution in [0.4, 0.5) is 5.00 Å². The van der Waals surface area contributed by atoms with Crippen LogP contribution in [-0.2, 0) is 7.05 Å². The summed E-state index contributed by atoms with van der Waals surface area (Å²) in [5.41, 5.74) is 1.76. The quantitative estimate of drug-likeness (QED) is 0.634. The highest BCUT2D eigenvalue weighted by Crippen LogP contribution is 2.53. The van der Waals surface area contributed by atoms with Gasteiger partial charge in [0, 0.05) is 40.0 Å². The Morgan fingerprint density at radius 1 is 1.24 bits per heavy atom. The van der Waals surface area contributed by atoms with Gasteiger partial charge in [-0.25, -0.2) is 0 Å². The van der Waals surface area contributed by atoms with Gasteiger partial charge in [0.2, 0.25) is 0 Å². The maximum atomic E-state index is 10.4. The Labute approximate surface area is 154 Å². The number of thiophene rings is 1. The van der Waals surface area contributed by atoms with Crippen molar-refractivity contribution < 1.29 is 5.11 Å². The highest BCUT2D eigenvalue weighted by Gasteiger charge is 2.29. The first-order chi connectivity index (χ1) is 12.2. The van der Waals surface area contributed by atoms with Crippen molar-refractivity contribution in [2.24, 2.45) is 7.05 Å². The molecule has 0 saturated carbocycles. The van der Waals surface area contributed by atoms with Crippen molar-refractivity contribution in [3.63, 3.8) is 0 Å². The number of anilines is 1. The van der Waals surface area contributed by atoms with Gasteiger partial charge in [-0.2, -0.15) is 5.10 Å². The fourth-order valence-corrected chi connectivity index (χ4v) is 6.39. The predicted molar refractivity (Wildman–Crippen MR) is 104 cm³/mol. The molecule has 25 heavy (non-hydrogen) atoms. The summed E-state index contributed by atoms with van der Waals surface area (Å²) in [6.45, 7) is 2.24. The molecule has 2 aliphatic heterocycles. The lowest BCUT2D eigenvalue weighted by molar-refractivity contribution is 0.465. The SMILES string of the molecule is Cn1cc2cc(C3Nc4sc(C5CCNCC5)cc4S3)c(O)cc2n1. The molecule has 0 bridgehead atoms. The molecule has 1 aromatic carbocycles. The minimum Gasteiger partial charge on any atom is -0.507 e. The number of phenols is 1. The van der Waals surface area contributed by atoms with Crippen LogP contribution in [0.1, 0.15) is 34.6 Å². The first-order valence-electron chi connectivity index (χ1n) is 8.61. The summed E-state index contributed by atoms with van der Waals surface area (Å²) in [6, 6.07) is 6.17. The summed E-state index contributed by atoms with van der Waals surface area (Å²) >= 11 is 3.68. The maximum absolute atomic E-state index is 10.4. The maximum Gasteiger partial charge on any atom is 0.123 e.